The molecule has 0 bridgehead atoms. The van der Waals surface area contributed by atoms with E-state index < -0.39 is 5.97 Å². The molecule has 0 unspecified atom stereocenters. The Morgan fingerprint density at radius 3 is 2.61 bits per heavy atom. The number of nitrogens with two attached hydrogens (primary N) is 1. The Balaban J connectivity index is 2.27. The standard InChI is InChI=1S/C13H17NO3S/c1-17-13(16)10-9(7-18-12(10)14)11(15)8-5-3-2-4-6-8/h7-8H,2-6,14H2,1H3. The van der Waals surface area contributed by atoms with Crippen molar-refractivity contribution >= 4 is 28.1 Å². The van der Waals surface area contributed by atoms with E-state index in [1.807, 2.05) is 0 Å². The minimum Gasteiger partial charge on any atom is -0.465 e. The molecule has 0 amide bonds. The molecule has 0 aliphatic heterocycles. The number of ether oxygens (including phenoxy) is 1. The Morgan fingerprint density at radius 1 is 1.33 bits per heavy atom. The van der Waals surface area contributed by atoms with E-state index in [1.165, 1.54) is 24.9 Å². The molecule has 5 heteroatoms. The van der Waals surface area contributed by atoms with Crippen molar-refractivity contribution in [3.05, 3.63) is 16.5 Å². The van der Waals surface area contributed by atoms with E-state index in [-0.39, 0.29) is 17.3 Å². The number of thiophene rings is 1. The molecular weight excluding hydrogens is 250 g/mol. The average Bonchev–Trinajstić information content (AvgIpc) is 2.80. The molecule has 0 saturated heterocycles. The number of ketones is 1. The summed E-state index contributed by atoms with van der Waals surface area (Å²) >= 11 is 1.22. The predicted molar refractivity (Wildman–Crippen MR) is 71.0 cm³/mol. The van der Waals surface area contributed by atoms with Crippen molar-refractivity contribution in [3.63, 3.8) is 0 Å². The summed E-state index contributed by atoms with van der Waals surface area (Å²) in [5.41, 5.74) is 6.44. The number of hydrogen-bond acceptors (Lipinski definition) is 5. The fourth-order valence-electron chi connectivity index (χ4n) is 2.45. The summed E-state index contributed by atoms with van der Waals surface area (Å²) in [7, 11) is 1.30. The number of carbonyl (C=O) groups is 2. The summed E-state index contributed by atoms with van der Waals surface area (Å²) < 4.78 is 4.69. The van der Waals surface area contributed by atoms with Crippen LogP contribution in [-0.2, 0) is 4.74 Å². The molecular formula is C13H17NO3S. The van der Waals surface area contributed by atoms with Gasteiger partial charge in [0, 0.05) is 16.9 Å². The smallest absolute Gasteiger partial charge is 0.341 e. The second-order valence-electron chi connectivity index (χ2n) is 4.58. The van der Waals surface area contributed by atoms with E-state index in [0.29, 0.717) is 10.6 Å². The number of Topliss-reactive ketones (excluding diaryl/α,β-unsaturated/α-hetero) is 1. The molecule has 2 N–H and O–H groups in total. The molecule has 1 aromatic heterocycles. The number of carbonyl (C=O) groups excluding carboxylic acids is 2. The zero-order chi connectivity index (χ0) is 13.1. The molecule has 1 saturated carbocycles. The third kappa shape index (κ3) is 2.41. The fraction of sp³-hybridized carbons (Fsp3) is 0.538. The zero-order valence-electron chi connectivity index (χ0n) is 10.4. The van der Waals surface area contributed by atoms with E-state index in [4.69, 9.17) is 5.73 Å². The molecule has 0 aromatic carbocycles. The van der Waals surface area contributed by atoms with Gasteiger partial charge in [-0.05, 0) is 12.8 Å². The van der Waals surface area contributed by atoms with E-state index >= 15 is 0 Å². The van der Waals surface area contributed by atoms with Crippen molar-refractivity contribution in [2.75, 3.05) is 12.8 Å². The number of rotatable bonds is 3. The SMILES string of the molecule is COC(=O)c1c(C(=O)C2CCCCC2)csc1N. The van der Waals surface area contributed by atoms with Crippen LogP contribution in [-0.4, -0.2) is 18.9 Å². The minimum absolute atomic E-state index is 0.0381. The molecule has 98 valence electrons. The van der Waals surface area contributed by atoms with Crippen LogP contribution in [0.2, 0.25) is 0 Å². The van der Waals surface area contributed by atoms with Gasteiger partial charge >= 0.3 is 5.97 Å². The highest BCUT2D eigenvalue weighted by Crippen LogP contribution is 2.32. The maximum atomic E-state index is 12.4. The summed E-state index contributed by atoms with van der Waals surface area (Å²) in [5, 5.41) is 2.04. The van der Waals surface area contributed by atoms with Crippen molar-refractivity contribution < 1.29 is 14.3 Å². The Labute approximate surface area is 110 Å². The molecule has 0 atom stereocenters. The maximum Gasteiger partial charge on any atom is 0.341 e. The first-order valence-corrected chi connectivity index (χ1v) is 7.02. The largest absolute Gasteiger partial charge is 0.465 e. The summed E-state index contributed by atoms with van der Waals surface area (Å²) in [5.74, 6) is -0.438. The van der Waals surface area contributed by atoms with Crippen molar-refractivity contribution in [1.82, 2.24) is 0 Å². The van der Waals surface area contributed by atoms with Gasteiger partial charge in [0.1, 0.15) is 10.6 Å². The van der Waals surface area contributed by atoms with E-state index in [9.17, 15) is 9.59 Å². The maximum absolute atomic E-state index is 12.4. The monoisotopic (exact) mass is 267 g/mol. The third-order valence-corrected chi connectivity index (χ3v) is 4.26. The fourth-order valence-corrected chi connectivity index (χ4v) is 3.24. The van der Waals surface area contributed by atoms with E-state index in [0.717, 1.165) is 25.7 Å². The quantitative estimate of drug-likeness (QED) is 0.675. The summed E-state index contributed by atoms with van der Waals surface area (Å²) in [6.45, 7) is 0. The lowest BCUT2D eigenvalue weighted by Gasteiger charge is -2.20. The molecule has 18 heavy (non-hydrogen) atoms. The molecule has 1 heterocycles. The van der Waals surface area contributed by atoms with Crippen LogP contribution in [0, 0.1) is 5.92 Å². The summed E-state index contributed by atoms with van der Waals surface area (Å²) in [6.07, 6.45) is 5.19. The third-order valence-electron chi connectivity index (χ3n) is 3.45. The van der Waals surface area contributed by atoms with Gasteiger partial charge in [-0.3, -0.25) is 4.79 Å². The van der Waals surface area contributed by atoms with Gasteiger partial charge in [-0.25, -0.2) is 4.79 Å². The number of anilines is 1. The first-order chi connectivity index (χ1) is 8.65. The molecule has 4 nitrogen and oxygen atoms in total. The van der Waals surface area contributed by atoms with Crippen molar-refractivity contribution in [2.45, 2.75) is 32.1 Å². The van der Waals surface area contributed by atoms with Crippen LogP contribution in [0.1, 0.15) is 52.8 Å². The summed E-state index contributed by atoms with van der Waals surface area (Å²) in [6, 6.07) is 0. The number of methoxy groups -OCH3 is 1. The lowest BCUT2D eigenvalue weighted by atomic mass is 9.83. The Morgan fingerprint density at radius 2 is 2.00 bits per heavy atom. The van der Waals surface area contributed by atoms with Gasteiger partial charge in [0.15, 0.2) is 5.78 Å². The second-order valence-corrected chi connectivity index (χ2v) is 5.49. The normalized spacial score (nSPS) is 16.5. The predicted octanol–water partition coefficient (Wildman–Crippen LogP) is 2.88. The molecule has 1 aromatic rings. The Bertz CT molecular complexity index is 461. The van der Waals surface area contributed by atoms with Gasteiger partial charge in [-0.1, -0.05) is 19.3 Å². The van der Waals surface area contributed by atoms with Crippen molar-refractivity contribution in [3.8, 4) is 0 Å². The van der Waals surface area contributed by atoms with E-state index in [1.54, 1.807) is 5.38 Å². The van der Waals surface area contributed by atoms with Crippen LogP contribution in [0.3, 0.4) is 0 Å². The van der Waals surface area contributed by atoms with Crippen LogP contribution in [0.25, 0.3) is 0 Å². The van der Waals surface area contributed by atoms with Crippen LogP contribution < -0.4 is 5.73 Å². The van der Waals surface area contributed by atoms with Crippen LogP contribution in [0.5, 0.6) is 0 Å². The highest BCUT2D eigenvalue weighted by Gasteiger charge is 2.28. The average molecular weight is 267 g/mol. The van der Waals surface area contributed by atoms with Gasteiger partial charge in [-0.15, -0.1) is 11.3 Å². The van der Waals surface area contributed by atoms with Crippen molar-refractivity contribution in [2.24, 2.45) is 5.92 Å². The number of nitrogen functional groups attached to an aromatic ring is 1. The van der Waals surface area contributed by atoms with Gasteiger partial charge in [-0.2, -0.15) is 0 Å². The molecule has 1 aliphatic rings. The van der Waals surface area contributed by atoms with Gasteiger partial charge in [0.25, 0.3) is 0 Å². The molecule has 2 rings (SSSR count). The zero-order valence-corrected chi connectivity index (χ0v) is 11.2. The number of esters is 1. The van der Waals surface area contributed by atoms with Crippen molar-refractivity contribution in [1.29, 1.82) is 0 Å². The first kappa shape index (κ1) is 13.1. The van der Waals surface area contributed by atoms with Gasteiger partial charge in [0.05, 0.1) is 7.11 Å². The minimum atomic E-state index is -0.520. The Kier molecular flexibility index (Phi) is 4.01. The van der Waals surface area contributed by atoms with E-state index in [2.05, 4.69) is 4.74 Å². The lowest BCUT2D eigenvalue weighted by molar-refractivity contribution is 0.0597. The number of hydrogen-bond donors (Lipinski definition) is 1. The Hall–Kier alpha value is -1.36. The lowest BCUT2D eigenvalue weighted by Crippen LogP contribution is -2.20. The molecule has 0 radical (unpaired) electrons. The molecule has 1 aliphatic carbocycles. The first-order valence-electron chi connectivity index (χ1n) is 6.14. The molecule has 0 spiro atoms. The van der Waals surface area contributed by atoms with Crippen LogP contribution in [0.15, 0.2) is 5.38 Å². The topological polar surface area (TPSA) is 69.4 Å². The van der Waals surface area contributed by atoms with Gasteiger partial charge in [0.2, 0.25) is 0 Å². The highest BCUT2D eigenvalue weighted by atomic mass is 32.1. The highest BCUT2D eigenvalue weighted by molar-refractivity contribution is 7.14. The summed E-state index contributed by atoms with van der Waals surface area (Å²) in [4.78, 5) is 24.1. The molecule has 1 fully saturated rings. The second kappa shape index (κ2) is 5.52. The van der Waals surface area contributed by atoms with Crippen LogP contribution in [0.4, 0.5) is 5.00 Å². The van der Waals surface area contributed by atoms with Gasteiger partial charge < -0.3 is 10.5 Å². The van der Waals surface area contributed by atoms with Crippen LogP contribution >= 0.6 is 11.3 Å².